The summed E-state index contributed by atoms with van der Waals surface area (Å²) in [6, 6.07) is 1.72. The maximum absolute atomic E-state index is 5.27. The molecule has 1 heterocycles. The molecular weight excluding hydrogens is 128 g/mol. The highest BCUT2D eigenvalue weighted by Crippen LogP contribution is 2.02. The van der Waals surface area contributed by atoms with E-state index in [0.29, 0.717) is 5.82 Å². The molecule has 0 radical (unpaired) electrons. The molecule has 0 unspecified atom stereocenters. The number of aromatic nitrogens is 1. The second kappa shape index (κ2) is 1.63. The molecule has 4 heteroatoms. The summed E-state index contributed by atoms with van der Waals surface area (Å²) in [5, 5.41) is 0. The summed E-state index contributed by atoms with van der Waals surface area (Å²) < 4.78 is 3.59. The average Bonchev–Trinajstić information content (AvgIpc) is 1.87. The molecule has 7 heavy (non-hydrogen) atoms. The summed E-state index contributed by atoms with van der Waals surface area (Å²) in [5.41, 5.74) is 5.27. The molecule has 0 aliphatic carbocycles. The van der Waals surface area contributed by atoms with Crippen LogP contribution in [-0.4, -0.2) is 4.37 Å². The van der Waals surface area contributed by atoms with Gasteiger partial charge >= 0.3 is 0 Å². The van der Waals surface area contributed by atoms with Crippen molar-refractivity contribution in [3.8, 4) is 0 Å². The van der Waals surface area contributed by atoms with Crippen molar-refractivity contribution in [2.45, 2.75) is 0 Å². The average molecular weight is 132 g/mol. The molecular formula is C3H4N2S2. The summed E-state index contributed by atoms with van der Waals surface area (Å²) >= 11 is 6.11. The minimum atomic E-state index is 0.648. The molecule has 0 saturated heterocycles. The van der Waals surface area contributed by atoms with E-state index in [1.54, 1.807) is 6.07 Å². The third-order valence-electron chi connectivity index (χ3n) is 0.543. The Morgan fingerprint density at radius 3 is 2.71 bits per heavy atom. The van der Waals surface area contributed by atoms with Gasteiger partial charge in [0.2, 0.25) is 0 Å². The van der Waals surface area contributed by atoms with E-state index in [1.807, 2.05) is 0 Å². The monoisotopic (exact) mass is 132 g/mol. The van der Waals surface area contributed by atoms with Crippen LogP contribution in [0.1, 0.15) is 0 Å². The third kappa shape index (κ3) is 1.01. The number of anilines is 1. The van der Waals surface area contributed by atoms with Crippen LogP contribution in [0.4, 0.5) is 5.82 Å². The Bertz CT molecular complexity index is 199. The van der Waals surface area contributed by atoms with Crippen LogP contribution in [0.15, 0.2) is 6.07 Å². The highest BCUT2D eigenvalue weighted by Gasteiger charge is 1.80. The first-order valence-corrected chi connectivity index (χ1v) is 2.95. The van der Waals surface area contributed by atoms with E-state index in [-0.39, 0.29) is 0 Å². The summed E-state index contributed by atoms with van der Waals surface area (Å²) in [7, 11) is 0. The van der Waals surface area contributed by atoms with E-state index in [9.17, 15) is 0 Å². The van der Waals surface area contributed by atoms with E-state index in [4.69, 9.17) is 18.0 Å². The van der Waals surface area contributed by atoms with Gasteiger partial charge in [-0.3, -0.25) is 4.37 Å². The lowest BCUT2D eigenvalue weighted by Gasteiger charge is -1.70. The Labute approximate surface area is 50.1 Å². The van der Waals surface area contributed by atoms with Crippen molar-refractivity contribution in [3.05, 3.63) is 9.89 Å². The fourth-order valence-corrected chi connectivity index (χ4v) is 1.01. The van der Waals surface area contributed by atoms with Crippen molar-refractivity contribution < 1.29 is 0 Å². The minimum Gasteiger partial charge on any atom is -0.385 e. The predicted molar refractivity (Wildman–Crippen MR) is 33.9 cm³/mol. The minimum absolute atomic E-state index is 0.648. The summed E-state index contributed by atoms with van der Waals surface area (Å²) in [6.45, 7) is 0. The second-order valence-corrected chi connectivity index (χ2v) is 2.67. The second-order valence-electron chi connectivity index (χ2n) is 1.12. The van der Waals surface area contributed by atoms with Crippen molar-refractivity contribution >= 4 is 29.6 Å². The molecule has 0 aliphatic heterocycles. The number of rotatable bonds is 0. The van der Waals surface area contributed by atoms with Crippen molar-refractivity contribution in [1.29, 1.82) is 0 Å². The van der Waals surface area contributed by atoms with E-state index in [2.05, 4.69) is 4.37 Å². The lowest BCUT2D eigenvalue weighted by molar-refractivity contribution is 1.57. The summed E-state index contributed by atoms with van der Waals surface area (Å²) in [4.78, 5) is 0. The molecule has 0 fully saturated rings. The Kier molecular flexibility index (Phi) is 1.12. The zero-order valence-electron chi connectivity index (χ0n) is 3.47. The van der Waals surface area contributed by atoms with E-state index < -0.39 is 0 Å². The van der Waals surface area contributed by atoms with Crippen LogP contribution in [0.2, 0.25) is 0 Å². The lowest BCUT2D eigenvalue weighted by Crippen LogP contribution is -1.78. The van der Waals surface area contributed by atoms with Gasteiger partial charge < -0.3 is 5.73 Å². The highest BCUT2D eigenvalue weighted by molar-refractivity contribution is 7.73. The molecule has 1 rings (SSSR count). The van der Waals surface area contributed by atoms with Gasteiger partial charge in [0.15, 0.2) is 0 Å². The number of H-pyrrole nitrogens is 1. The smallest absolute Gasteiger partial charge is 0.112 e. The topological polar surface area (TPSA) is 41.8 Å². The molecule has 0 amide bonds. The van der Waals surface area contributed by atoms with Gasteiger partial charge in [0.1, 0.15) is 9.64 Å². The van der Waals surface area contributed by atoms with Gasteiger partial charge in [-0.2, -0.15) is 0 Å². The Morgan fingerprint density at radius 2 is 2.57 bits per heavy atom. The summed E-state index contributed by atoms with van der Waals surface area (Å²) in [5.74, 6) is 0.648. The van der Waals surface area contributed by atoms with Crippen LogP contribution < -0.4 is 5.73 Å². The molecule has 3 N–H and O–H groups in total. The maximum atomic E-state index is 5.27. The fourth-order valence-electron chi connectivity index (χ4n) is 0.295. The molecule has 1 aromatic heterocycles. The largest absolute Gasteiger partial charge is 0.385 e. The number of nitrogens with one attached hydrogen (secondary N) is 1. The highest BCUT2D eigenvalue weighted by atomic mass is 32.2. The molecule has 2 nitrogen and oxygen atoms in total. The molecule has 1 aromatic rings. The van der Waals surface area contributed by atoms with Crippen molar-refractivity contribution in [3.63, 3.8) is 0 Å². The molecule has 0 aromatic carbocycles. The first kappa shape index (κ1) is 4.80. The molecule has 0 atom stereocenters. The zero-order chi connectivity index (χ0) is 5.28. The van der Waals surface area contributed by atoms with E-state index >= 15 is 0 Å². The van der Waals surface area contributed by atoms with Gasteiger partial charge in [0.25, 0.3) is 0 Å². The number of nitrogens with two attached hydrogens (primary N) is 1. The van der Waals surface area contributed by atoms with Crippen LogP contribution in [-0.2, 0) is 0 Å². The first-order chi connectivity index (χ1) is 3.29. The van der Waals surface area contributed by atoms with Crippen molar-refractivity contribution in [1.82, 2.24) is 4.37 Å². The van der Waals surface area contributed by atoms with E-state index in [0.717, 1.165) is 3.82 Å². The molecule has 0 saturated carbocycles. The zero-order valence-corrected chi connectivity index (χ0v) is 5.10. The molecule has 38 valence electrons. The van der Waals surface area contributed by atoms with Gasteiger partial charge in [-0.25, -0.2) is 0 Å². The van der Waals surface area contributed by atoms with Gasteiger partial charge in [-0.05, 0) is 11.5 Å². The number of hydrogen-bond acceptors (Lipinski definition) is 3. The van der Waals surface area contributed by atoms with Crippen LogP contribution in [0.5, 0.6) is 0 Å². The molecule has 0 bridgehead atoms. The van der Waals surface area contributed by atoms with Gasteiger partial charge in [0.05, 0.1) is 0 Å². The quantitative estimate of drug-likeness (QED) is 0.524. The van der Waals surface area contributed by atoms with Crippen molar-refractivity contribution in [2.75, 3.05) is 5.73 Å². The third-order valence-corrected chi connectivity index (χ3v) is 1.57. The van der Waals surface area contributed by atoms with Gasteiger partial charge in [-0.15, -0.1) is 0 Å². The van der Waals surface area contributed by atoms with Crippen LogP contribution in [0.3, 0.4) is 0 Å². The number of aromatic amines is 1. The fraction of sp³-hybridized carbons (Fsp3) is 0. The summed E-state index contributed by atoms with van der Waals surface area (Å²) in [6.07, 6.45) is 0. The van der Waals surface area contributed by atoms with Crippen LogP contribution in [0.25, 0.3) is 0 Å². The molecule has 0 aliphatic rings. The van der Waals surface area contributed by atoms with Crippen molar-refractivity contribution in [2.24, 2.45) is 0 Å². The molecule has 0 spiro atoms. The van der Waals surface area contributed by atoms with Gasteiger partial charge in [0, 0.05) is 6.07 Å². The number of nitrogen functional groups attached to an aromatic ring is 1. The van der Waals surface area contributed by atoms with Gasteiger partial charge in [-0.1, -0.05) is 12.2 Å². The normalized spacial score (nSPS) is 9.14. The van der Waals surface area contributed by atoms with Crippen LogP contribution in [0, 0.1) is 3.82 Å². The Morgan fingerprint density at radius 1 is 1.86 bits per heavy atom. The maximum Gasteiger partial charge on any atom is 0.112 e. The standard InChI is InChI=1S/C3H4N2S2/c4-2-1-3(6)7-5-2/h1,5H,4H2. The number of hydrogen-bond donors (Lipinski definition) is 2. The SMILES string of the molecule is Nc1cc(=S)s[nH]1. The lowest BCUT2D eigenvalue weighted by atomic mass is 10.7. The Hall–Kier alpha value is -0.350. The van der Waals surface area contributed by atoms with E-state index in [1.165, 1.54) is 11.5 Å². The Balaban J connectivity index is 3.30. The predicted octanol–water partition coefficient (Wildman–Crippen LogP) is 1.39. The van der Waals surface area contributed by atoms with Crippen LogP contribution >= 0.6 is 23.8 Å². The first-order valence-electron chi connectivity index (χ1n) is 1.73.